The minimum absolute atomic E-state index is 0.0563. The van der Waals surface area contributed by atoms with Gasteiger partial charge in [-0.15, -0.1) is 0 Å². The number of alkyl halides is 3. The lowest BCUT2D eigenvalue weighted by atomic mass is 10.0. The number of carboxylic acids is 1. The highest BCUT2D eigenvalue weighted by atomic mass is 35.5. The number of hydrogen-bond acceptors (Lipinski definition) is 3. The summed E-state index contributed by atoms with van der Waals surface area (Å²) in [7, 11) is 1.49. The molecule has 0 aliphatic heterocycles. The molecule has 2 aromatic heterocycles. The van der Waals surface area contributed by atoms with E-state index in [1.54, 1.807) is 6.92 Å². The number of nitrogens with zero attached hydrogens (tertiary/aromatic N) is 2. The Bertz CT molecular complexity index is 1160. The van der Waals surface area contributed by atoms with Crippen LogP contribution < -0.4 is 0 Å². The van der Waals surface area contributed by atoms with E-state index < -0.39 is 29.9 Å². The van der Waals surface area contributed by atoms with Crippen LogP contribution in [-0.2, 0) is 7.05 Å². The van der Waals surface area contributed by atoms with Crippen molar-refractivity contribution in [3.63, 3.8) is 0 Å². The lowest BCUT2D eigenvalue weighted by molar-refractivity contribution is 0.0496. The van der Waals surface area contributed by atoms with Crippen LogP contribution >= 0.6 is 23.2 Å². The van der Waals surface area contributed by atoms with Crippen LogP contribution in [0.3, 0.4) is 0 Å². The average Bonchev–Trinajstić information content (AvgIpc) is 2.98. The molecule has 0 bridgehead atoms. The Morgan fingerprint density at radius 2 is 1.83 bits per heavy atom. The van der Waals surface area contributed by atoms with Gasteiger partial charge in [0.2, 0.25) is 5.78 Å². The fourth-order valence-corrected chi connectivity index (χ4v) is 3.68. The number of rotatable bonds is 5. The van der Waals surface area contributed by atoms with Gasteiger partial charge in [0, 0.05) is 24.1 Å². The summed E-state index contributed by atoms with van der Waals surface area (Å²) in [5.41, 5.74) is -0.00948. The normalized spacial score (nSPS) is 12.6. The number of carbonyl (C=O) groups excluding carboxylic acids is 1. The number of pyridine rings is 1. The number of aromatic carboxylic acids is 1. The second-order valence-corrected chi connectivity index (χ2v) is 7.12. The molecule has 0 fully saturated rings. The lowest BCUT2D eigenvalue weighted by Gasteiger charge is -2.11. The summed E-state index contributed by atoms with van der Waals surface area (Å²) in [6.45, 7) is 1.60. The van der Waals surface area contributed by atoms with E-state index in [0.29, 0.717) is 16.5 Å². The van der Waals surface area contributed by atoms with Crippen LogP contribution in [0, 0.1) is 6.92 Å². The predicted molar refractivity (Wildman–Crippen MR) is 102 cm³/mol. The molecule has 152 valence electrons. The number of fused-ring (bicyclic) bond motifs is 1. The minimum Gasteiger partial charge on any atom is -0.478 e. The van der Waals surface area contributed by atoms with Crippen LogP contribution in [0.15, 0.2) is 24.4 Å². The van der Waals surface area contributed by atoms with Crippen LogP contribution in [0.1, 0.15) is 43.7 Å². The molecule has 1 unspecified atom stereocenters. The SMILES string of the molecule is Cc1cc(C(F)C(F)F)cc2c1cc(C(=O)c1c(Cl)ncc(C(=O)O)c1Cl)n2C. The van der Waals surface area contributed by atoms with E-state index in [4.69, 9.17) is 23.2 Å². The van der Waals surface area contributed by atoms with Crippen molar-refractivity contribution in [3.8, 4) is 0 Å². The van der Waals surface area contributed by atoms with Gasteiger partial charge in [-0.05, 0) is 30.2 Å². The van der Waals surface area contributed by atoms with Gasteiger partial charge in [0.15, 0.2) is 6.17 Å². The van der Waals surface area contributed by atoms with Crippen molar-refractivity contribution in [2.24, 2.45) is 7.05 Å². The molecule has 1 aromatic carbocycles. The Hall–Kier alpha value is -2.58. The summed E-state index contributed by atoms with van der Waals surface area (Å²) < 4.78 is 40.8. The number of aromatic nitrogens is 2. The Balaban J connectivity index is 2.20. The number of carboxylic acid groups (broad SMARTS) is 1. The van der Waals surface area contributed by atoms with Crippen molar-refractivity contribution < 1.29 is 27.9 Å². The van der Waals surface area contributed by atoms with Gasteiger partial charge in [0.25, 0.3) is 6.43 Å². The zero-order valence-electron chi connectivity index (χ0n) is 15.0. The van der Waals surface area contributed by atoms with Crippen LogP contribution in [0.2, 0.25) is 10.2 Å². The van der Waals surface area contributed by atoms with Gasteiger partial charge in [0.1, 0.15) is 5.15 Å². The Morgan fingerprint density at radius 3 is 2.41 bits per heavy atom. The van der Waals surface area contributed by atoms with Gasteiger partial charge < -0.3 is 9.67 Å². The van der Waals surface area contributed by atoms with E-state index in [1.807, 2.05) is 0 Å². The number of benzene rings is 1. The maximum atomic E-state index is 13.8. The van der Waals surface area contributed by atoms with E-state index in [-0.39, 0.29) is 27.0 Å². The summed E-state index contributed by atoms with van der Waals surface area (Å²) in [5.74, 6) is -2.09. The maximum absolute atomic E-state index is 13.8. The highest BCUT2D eigenvalue weighted by Gasteiger charge is 2.27. The molecule has 0 radical (unpaired) electrons. The van der Waals surface area contributed by atoms with Crippen LogP contribution in [0.5, 0.6) is 0 Å². The number of hydrogen-bond donors (Lipinski definition) is 1. The predicted octanol–water partition coefficient (Wildman–Crippen LogP) is 5.39. The van der Waals surface area contributed by atoms with Gasteiger partial charge in [-0.25, -0.2) is 22.9 Å². The number of carbonyl (C=O) groups is 2. The van der Waals surface area contributed by atoms with Crippen molar-refractivity contribution in [1.82, 2.24) is 9.55 Å². The zero-order valence-corrected chi connectivity index (χ0v) is 16.5. The number of aryl methyl sites for hydroxylation is 2. The zero-order chi connectivity index (χ0) is 21.6. The third kappa shape index (κ3) is 3.58. The Kier molecular flexibility index (Phi) is 5.60. The molecule has 0 amide bonds. The Morgan fingerprint density at radius 1 is 1.17 bits per heavy atom. The molecule has 0 aliphatic carbocycles. The molecular formula is C19H13Cl2F3N2O3. The average molecular weight is 445 g/mol. The molecule has 0 saturated carbocycles. The summed E-state index contributed by atoms with van der Waals surface area (Å²) in [5, 5.41) is 9.07. The van der Waals surface area contributed by atoms with E-state index in [9.17, 15) is 27.9 Å². The number of ketones is 1. The van der Waals surface area contributed by atoms with Crippen LogP contribution in [0.25, 0.3) is 10.9 Å². The van der Waals surface area contributed by atoms with Gasteiger partial charge >= 0.3 is 5.97 Å². The highest BCUT2D eigenvalue weighted by Crippen LogP contribution is 2.34. The van der Waals surface area contributed by atoms with E-state index >= 15 is 0 Å². The monoisotopic (exact) mass is 444 g/mol. The van der Waals surface area contributed by atoms with Gasteiger partial charge in [-0.1, -0.05) is 29.3 Å². The molecule has 0 aliphatic rings. The first-order chi connectivity index (χ1) is 13.5. The maximum Gasteiger partial charge on any atom is 0.338 e. The number of halogens is 5. The van der Waals surface area contributed by atoms with Crippen LogP contribution in [0.4, 0.5) is 13.2 Å². The highest BCUT2D eigenvalue weighted by molar-refractivity contribution is 6.42. The molecule has 3 aromatic rings. The topological polar surface area (TPSA) is 72.2 Å². The quantitative estimate of drug-likeness (QED) is 0.422. The van der Waals surface area contributed by atoms with Crippen molar-refractivity contribution in [2.75, 3.05) is 0 Å². The molecule has 10 heteroatoms. The fraction of sp³-hybridized carbons (Fsp3) is 0.211. The summed E-state index contributed by atoms with van der Waals surface area (Å²) >= 11 is 12.1. The molecule has 0 saturated heterocycles. The summed E-state index contributed by atoms with van der Waals surface area (Å²) in [6.07, 6.45) is -4.71. The minimum atomic E-state index is -3.18. The molecule has 3 rings (SSSR count). The smallest absolute Gasteiger partial charge is 0.338 e. The third-order valence-electron chi connectivity index (χ3n) is 4.59. The third-order valence-corrected chi connectivity index (χ3v) is 5.27. The van der Waals surface area contributed by atoms with E-state index in [0.717, 1.165) is 6.20 Å². The fourth-order valence-electron chi connectivity index (χ4n) is 3.10. The van der Waals surface area contributed by atoms with Crippen molar-refractivity contribution in [1.29, 1.82) is 0 Å². The largest absolute Gasteiger partial charge is 0.478 e. The molecule has 1 atom stereocenters. The molecule has 29 heavy (non-hydrogen) atoms. The van der Waals surface area contributed by atoms with Crippen molar-refractivity contribution >= 4 is 45.9 Å². The second kappa shape index (κ2) is 7.68. The molecule has 0 spiro atoms. The Labute approximate surface area is 172 Å². The van der Waals surface area contributed by atoms with Gasteiger partial charge in [-0.2, -0.15) is 0 Å². The summed E-state index contributed by atoms with van der Waals surface area (Å²) in [6, 6.07) is 4.01. The molecule has 5 nitrogen and oxygen atoms in total. The van der Waals surface area contributed by atoms with Gasteiger partial charge in [-0.3, -0.25) is 4.79 Å². The first-order valence-electron chi connectivity index (χ1n) is 8.18. The lowest BCUT2D eigenvalue weighted by Crippen LogP contribution is -2.12. The first-order valence-corrected chi connectivity index (χ1v) is 8.94. The molecule has 2 heterocycles. The first kappa shape index (κ1) is 21.1. The van der Waals surface area contributed by atoms with Gasteiger partial charge in [0.05, 0.1) is 21.8 Å². The summed E-state index contributed by atoms with van der Waals surface area (Å²) in [4.78, 5) is 28.0. The standard InChI is InChI=1S/C19H13Cl2F3N2O3/c1-7-3-8(15(22)18(23)24)4-11-9(7)5-12(26(11)2)16(27)13-14(20)10(19(28)29)6-25-17(13)21/h3-6,15,18H,1-2H3,(H,28,29). The van der Waals surface area contributed by atoms with Crippen molar-refractivity contribution in [2.45, 2.75) is 19.5 Å². The second-order valence-electron chi connectivity index (χ2n) is 6.38. The van der Waals surface area contributed by atoms with Crippen molar-refractivity contribution in [3.05, 3.63) is 62.5 Å². The van der Waals surface area contributed by atoms with Crippen LogP contribution in [-0.4, -0.2) is 32.8 Å². The molecule has 1 N–H and O–H groups in total. The van der Waals surface area contributed by atoms with E-state index in [2.05, 4.69) is 4.98 Å². The van der Waals surface area contributed by atoms with E-state index in [1.165, 1.54) is 29.8 Å². The molecular weight excluding hydrogens is 432 g/mol.